The van der Waals surface area contributed by atoms with Crippen LogP contribution in [0.4, 0.5) is 0 Å². The number of fused-ring (bicyclic) bond motifs is 1. The molecule has 1 unspecified atom stereocenters. The average Bonchev–Trinajstić information content (AvgIpc) is 3.23. The molecule has 0 aliphatic heterocycles. The maximum absolute atomic E-state index is 3.61. The van der Waals surface area contributed by atoms with Crippen LogP contribution in [0, 0.1) is 0 Å². The smallest absolute Gasteiger partial charge is 0.00682 e. The van der Waals surface area contributed by atoms with Gasteiger partial charge in [-0.1, -0.05) is 30.7 Å². The van der Waals surface area contributed by atoms with Crippen molar-refractivity contribution in [2.75, 3.05) is 6.54 Å². The maximum atomic E-state index is 3.61. The van der Waals surface area contributed by atoms with Crippen LogP contribution in [-0.4, -0.2) is 12.6 Å². The van der Waals surface area contributed by atoms with Gasteiger partial charge in [-0.2, -0.15) is 0 Å². The van der Waals surface area contributed by atoms with E-state index < -0.39 is 0 Å². The Balaban J connectivity index is 1.44. The van der Waals surface area contributed by atoms with Crippen LogP contribution in [0.25, 0.3) is 0 Å². The summed E-state index contributed by atoms with van der Waals surface area (Å²) in [5.41, 5.74) is 3.27. The van der Waals surface area contributed by atoms with Crippen LogP contribution >= 0.6 is 0 Å². The number of hydrogen-bond acceptors (Lipinski definition) is 1. The zero-order valence-electron chi connectivity index (χ0n) is 11.3. The second-order valence-corrected chi connectivity index (χ2v) is 6.01. The van der Waals surface area contributed by atoms with Crippen LogP contribution in [0.1, 0.15) is 62.0 Å². The topological polar surface area (TPSA) is 12.0 Å². The van der Waals surface area contributed by atoms with Gasteiger partial charge >= 0.3 is 0 Å². The van der Waals surface area contributed by atoms with Crippen molar-refractivity contribution in [3.05, 3.63) is 35.4 Å². The minimum absolute atomic E-state index is 0.843. The summed E-state index contributed by atoms with van der Waals surface area (Å²) in [5.74, 6) is 0.843. The number of rotatable bonds is 6. The van der Waals surface area contributed by atoms with Crippen molar-refractivity contribution >= 4 is 0 Å². The van der Waals surface area contributed by atoms with E-state index in [1.165, 1.54) is 57.9 Å². The van der Waals surface area contributed by atoms with Crippen molar-refractivity contribution in [1.29, 1.82) is 0 Å². The first-order valence-electron chi connectivity index (χ1n) is 7.74. The highest BCUT2D eigenvalue weighted by Crippen LogP contribution is 2.34. The minimum Gasteiger partial charge on any atom is -0.314 e. The zero-order chi connectivity index (χ0) is 12.2. The molecule has 0 spiro atoms. The van der Waals surface area contributed by atoms with Gasteiger partial charge in [-0.25, -0.2) is 0 Å². The van der Waals surface area contributed by atoms with Gasteiger partial charge in [-0.3, -0.25) is 0 Å². The maximum Gasteiger partial charge on any atom is 0.00682 e. The molecule has 2 aliphatic rings. The van der Waals surface area contributed by atoms with E-state index >= 15 is 0 Å². The number of hydrogen-bond donors (Lipinski definition) is 1. The molecule has 1 atom stereocenters. The van der Waals surface area contributed by atoms with Gasteiger partial charge < -0.3 is 5.32 Å². The van der Waals surface area contributed by atoms with Gasteiger partial charge in [0.15, 0.2) is 0 Å². The lowest BCUT2D eigenvalue weighted by molar-refractivity contribution is 0.487. The molecule has 1 aromatic carbocycles. The second-order valence-electron chi connectivity index (χ2n) is 6.01. The molecule has 98 valence electrons. The van der Waals surface area contributed by atoms with E-state index in [4.69, 9.17) is 0 Å². The van der Waals surface area contributed by atoms with E-state index in [2.05, 4.69) is 29.6 Å². The fourth-order valence-corrected chi connectivity index (χ4v) is 3.26. The summed E-state index contributed by atoms with van der Waals surface area (Å²) >= 11 is 0. The Bertz CT molecular complexity index is 381. The van der Waals surface area contributed by atoms with Gasteiger partial charge in [0.1, 0.15) is 0 Å². The second kappa shape index (κ2) is 5.88. The molecule has 1 nitrogen and oxygen atoms in total. The van der Waals surface area contributed by atoms with Crippen LogP contribution in [0.5, 0.6) is 0 Å². The van der Waals surface area contributed by atoms with Crippen molar-refractivity contribution in [3.63, 3.8) is 0 Å². The van der Waals surface area contributed by atoms with E-state index in [1.807, 2.05) is 0 Å². The van der Waals surface area contributed by atoms with Gasteiger partial charge in [0.05, 0.1) is 0 Å². The molecule has 1 heteroatoms. The number of aryl methyl sites for hydroxylation is 1. The van der Waals surface area contributed by atoms with Crippen molar-refractivity contribution in [2.45, 2.75) is 63.3 Å². The van der Waals surface area contributed by atoms with Crippen molar-refractivity contribution in [2.24, 2.45) is 0 Å². The standard InChI is InChI=1S/C17H25N/c1-2-10-17-14(6-1)8-5-9-15(17)7-3-4-13-18-16-11-12-16/h1-2,6,10,15-16,18H,3-5,7-9,11-13H2. The molecule has 0 bridgehead atoms. The largest absolute Gasteiger partial charge is 0.314 e. The summed E-state index contributed by atoms with van der Waals surface area (Å²) in [6, 6.07) is 9.98. The van der Waals surface area contributed by atoms with Crippen LogP contribution in [0.15, 0.2) is 24.3 Å². The Morgan fingerprint density at radius 1 is 1.06 bits per heavy atom. The Kier molecular flexibility index (Phi) is 3.99. The fourth-order valence-electron chi connectivity index (χ4n) is 3.26. The van der Waals surface area contributed by atoms with Crippen LogP contribution in [-0.2, 0) is 6.42 Å². The van der Waals surface area contributed by atoms with Crippen LogP contribution < -0.4 is 5.32 Å². The molecule has 3 rings (SSSR count). The van der Waals surface area contributed by atoms with Gasteiger partial charge in [-0.05, 0) is 68.5 Å². The number of unbranched alkanes of at least 4 members (excludes halogenated alkanes) is 1. The van der Waals surface area contributed by atoms with Crippen molar-refractivity contribution in [1.82, 2.24) is 5.32 Å². The SMILES string of the molecule is c1ccc2c(c1)CCCC2CCCCNC1CC1. The molecular formula is C17H25N. The van der Waals surface area contributed by atoms with E-state index in [9.17, 15) is 0 Å². The molecule has 0 saturated heterocycles. The third-order valence-corrected chi connectivity index (χ3v) is 4.48. The van der Waals surface area contributed by atoms with Crippen molar-refractivity contribution < 1.29 is 0 Å². The predicted octanol–water partition coefficient (Wildman–Crippen LogP) is 4.03. The van der Waals surface area contributed by atoms with E-state index in [1.54, 1.807) is 11.1 Å². The van der Waals surface area contributed by atoms with E-state index in [-0.39, 0.29) is 0 Å². The summed E-state index contributed by atoms with van der Waals surface area (Å²) in [4.78, 5) is 0. The lowest BCUT2D eigenvalue weighted by Gasteiger charge is -2.25. The number of nitrogens with one attached hydrogen (secondary N) is 1. The molecule has 0 aromatic heterocycles. The molecule has 0 heterocycles. The summed E-state index contributed by atoms with van der Waals surface area (Å²) in [6.45, 7) is 1.24. The molecule has 1 saturated carbocycles. The minimum atomic E-state index is 0.843. The van der Waals surface area contributed by atoms with Gasteiger partial charge in [0.2, 0.25) is 0 Å². The highest BCUT2D eigenvalue weighted by Gasteiger charge is 2.20. The van der Waals surface area contributed by atoms with Gasteiger partial charge in [0.25, 0.3) is 0 Å². The van der Waals surface area contributed by atoms with Gasteiger partial charge in [0, 0.05) is 6.04 Å². The first-order valence-corrected chi connectivity index (χ1v) is 7.74. The molecule has 18 heavy (non-hydrogen) atoms. The molecule has 2 aliphatic carbocycles. The van der Waals surface area contributed by atoms with E-state index in [0.29, 0.717) is 0 Å². The van der Waals surface area contributed by atoms with E-state index in [0.717, 1.165) is 12.0 Å². The summed E-state index contributed by atoms with van der Waals surface area (Å²) in [7, 11) is 0. The molecule has 0 amide bonds. The first kappa shape index (κ1) is 12.2. The average molecular weight is 243 g/mol. The highest BCUT2D eigenvalue weighted by molar-refractivity contribution is 5.32. The molecular weight excluding hydrogens is 218 g/mol. The Morgan fingerprint density at radius 3 is 2.83 bits per heavy atom. The Labute approximate surface area is 111 Å². The first-order chi connectivity index (χ1) is 8.93. The molecule has 1 aromatic rings. The quantitative estimate of drug-likeness (QED) is 0.744. The third kappa shape index (κ3) is 3.14. The van der Waals surface area contributed by atoms with Crippen LogP contribution in [0.3, 0.4) is 0 Å². The summed E-state index contributed by atoms with van der Waals surface area (Å²) in [5, 5.41) is 3.61. The lowest BCUT2D eigenvalue weighted by Crippen LogP contribution is -2.17. The predicted molar refractivity (Wildman–Crippen MR) is 77.0 cm³/mol. The third-order valence-electron chi connectivity index (χ3n) is 4.48. The van der Waals surface area contributed by atoms with Crippen LogP contribution in [0.2, 0.25) is 0 Å². The summed E-state index contributed by atoms with van der Waals surface area (Å²) in [6.07, 6.45) is 11.1. The zero-order valence-corrected chi connectivity index (χ0v) is 11.3. The number of benzene rings is 1. The Morgan fingerprint density at radius 2 is 1.94 bits per heavy atom. The highest BCUT2D eigenvalue weighted by atomic mass is 14.9. The molecule has 1 N–H and O–H groups in total. The summed E-state index contributed by atoms with van der Waals surface area (Å²) < 4.78 is 0. The molecule has 1 fully saturated rings. The normalized spacial score (nSPS) is 22.8. The lowest BCUT2D eigenvalue weighted by atomic mass is 9.80. The Hall–Kier alpha value is -0.820. The van der Waals surface area contributed by atoms with Crippen molar-refractivity contribution in [3.8, 4) is 0 Å². The van der Waals surface area contributed by atoms with Gasteiger partial charge in [-0.15, -0.1) is 0 Å². The monoisotopic (exact) mass is 243 g/mol. The fraction of sp³-hybridized carbons (Fsp3) is 0.647. The molecule has 0 radical (unpaired) electrons.